The van der Waals surface area contributed by atoms with Crippen molar-refractivity contribution in [3.63, 3.8) is 0 Å². The van der Waals surface area contributed by atoms with Gasteiger partial charge in [-0.1, -0.05) is 0 Å². The zero-order valence-corrected chi connectivity index (χ0v) is 7.44. The number of aliphatic carboxylic acids is 1. The van der Waals surface area contributed by atoms with Crippen LogP contribution in [0.3, 0.4) is 0 Å². The summed E-state index contributed by atoms with van der Waals surface area (Å²) in [5, 5.41) is 11.7. The first kappa shape index (κ1) is 10.4. The Labute approximate surface area is 75.1 Å². The van der Waals surface area contributed by atoms with Gasteiger partial charge in [-0.3, -0.25) is 4.79 Å². The highest BCUT2D eigenvalue weighted by molar-refractivity contribution is 5.75. The molecule has 3 nitrogen and oxygen atoms in total. The number of alkyl halides is 2. The van der Waals surface area contributed by atoms with Crippen molar-refractivity contribution < 1.29 is 18.7 Å². The molecule has 0 aromatic rings. The molecule has 5 heteroatoms. The van der Waals surface area contributed by atoms with Crippen LogP contribution in [0.5, 0.6) is 0 Å². The number of carboxylic acids is 1. The number of carboxylic acid groups (broad SMARTS) is 1. The maximum absolute atomic E-state index is 12.7. The second kappa shape index (κ2) is 3.21. The van der Waals surface area contributed by atoms with E-state index in [9.17, 15) is 13.6 Å². The predicted octanol–water partition coefficient (Wildman–Crippen LogP) is 1.10. The van der Waals surface area contributed by atoms with Crippen LogP contribution in [0.4, 0.5) is 8.78 Å². The van der Waals surface area contributed by atoms with Crippen LogP contribution < -0.4 is 5.32 Å². The average Bonchev–Trinajstić information content (AvgIpc) is 2.33. The molecule has 1 aliphatic heterocycles. The number of rotatable bonds is 3. The van der Waals surface area contributed by atoms with Gasteiger partial charge in [-0.2, -0.15) is 0 Å². The zero-order valence-electron chi connectivity index (χ0n) is 7.44. The van der Waals surface area contributed by atoms with E-state index >= 15 is 0 Å². The maximum Gasteiger partial charge on any atom is 0.311 e. The van der Waals surface area contributed by atoms with E-state index in [4.69, 9.17) is 5.11 Å². The summed E-state index contributed by atoms with van der Waals surface area (Å²) in [6, 6.07) is 0. The van der Waals surface area contributed by atoms with Crippen molar-refractivity contribution >= 4 is 5.97 Å². The third-order valence-corrected chi connectivity index (χ3v) is 2.35. The second-order valence-electron chi connectivity index (χ2n) is 3.76. The molecule has 1 unspecified atom stereocenters. The van der Waals surface area contributed by atoms with Crippen molar-refractivity contribution in [3.8, 4) is 0 Å². The lowest BCUT2D eigenvalue weighted by Gasteiger charge is -2.25. The van der Waals surface area contributed by atoms with E-state index in [2.05, 4.69) is 5.32 Å². The maximum atomic E-state index is 12.7. The summed E-state index contributed by atoms with van der Waals surface area (Å²) in [7, 11) is 0. The minimum absolute atomic E-state index is 0.145. The monoisotopic (exact) mass is 193 g/mol. The van der Waals surface area contributed by atoms with Crippen LogP contribution in [0.1, 0.15) is 19.8 Å². The van der Waals surface area contributed by atoms with Gasteiger partial charge >= 0.3 is 5.97 Å². The Bertz CT molecular complexity index is 207. The topological polar surface area (TPSA) is 49.3 Å². The standard InChI is InChI=1S/C8H13F2NO2/c1-7(9,10)4-8(6(12)13)2-3-11-5-8/h11H,2-5H2,1H3,(H,12,13). The van der Waals surface area contributed by atoms with Gasteiger partial charge < -0.3 is 10.4 Å². The molecule has 0 aromatic heterocycles. The Kier molecular flexibility index (Phi) is 2.56. The van der Waals surface area contributed by atoms with Crippen molar-refractivity contribution in [2.75, 3.05) is 13.1 Å². The molecule has 2 N–H and O–H groups in total. The largest absolute Gasteiger partial charge is 0.481 e. The van der Waals surface area contributed by atoms with Gasteiger partial charge in [0.2, 0.25) is 5.92 Å². The molecule has 1 saturated heterocycles. The summed E-state index contributed by atoms with van der Waals surface area (Å²) in [5.74, 6) is -4.04. The molecule has 1 heterocycles. The van der Waals surface area contributed by atoms with Gasteiger partial charge in [0.1, 0.15) is 0 Å². The minimum Gasteiger partial charge on any atom is -0.481 e. The third-order valence-electron chi connectivity index (χ3n) is 2.35. The molecule has 0 saturated carbocycles. The van der Waals surface area contributed by atoms with Crippen LogP contribution in [0, 0.1) is 5.41 Å². The summed E-state index contributed by atoms with van der Waals surface area (Å²) < 4.78 is 25.4. The van der Waals surface area contributed by atoms with Crippen molar-refractivity contribution in [1.82, 2.24) is 5.32 Å². The van der Waals surface area contributed by atoms with E-state index in [1.807, 2.05) is 0 Å². The fourth-order valence-electron chi connectivity index (χ4n) is 1.75. The van der Waals surface area contributed by atoms with Crippen molar-refractivity contribution in [1.29, 1.82) is 0 Å². The number of carbonyl (C=O) groups is 1. The molecule has 1 aliphatic rings. The molecular weight excluding hydrogens is 180 g/mol. The summed E-state index contributed by atoms with van der Waals surface area (Å²) in [6.45, 7) is 1.41. The first-order chi connectivity index (χ1) is 5.86. The summed E-state index contributed by atoms with van der Waals surface area (Å²) in [4.78, 5) is 10.8. The summed E-state index contributed by atoms with van der Waals surface area (Å²) in [5.41, 5.74) is -1.27. The molecule has 1 fully saturated rings. The van der Waals surface area contributed by atoms with Crippen LogP contribution in [-0.2, 0) is 4.79 Å². The van der Waals surface area contributed by atoms with Crippen LogP contribution in [0.15, 0.2) is 0 Å². The molecule has 1 atom stereocenters. The van der Waals surface area contributed by atoms with Gasteiger partial charge in [0.25, 0.3) is 0 Å². The molecule has 0 spiro atoms. The number of hydrogen-bond acceptors (Lipinski definition) is 2. The Morgan fingerprint density at radius 3 is 2.62 bits per heavy atom. The van der Waals surface area contributed by atoms with Crippen molar-refractivity contribution in [3.05, 3.63) is 0 Å². The molecular formula is C8H13F2NO2. The highest BCUT2D eigenvalue weighted by Gasteiger charge is 2.47. The quantitative estimate of drug-likeness (QED) is 0.705. The molecule has 0 bridgehead atoms. The fraction of sp³-hybridized carbons (Fsp3) is 0.875. The Balaban J connectivity index is 2.74. The van der Waals surface area contributed by atoms with Crippen molar-refractivity contribution in [2.24, 2.45) is 5.41 Å². The van der Waals surface area contributed by atoms with Crippen LogP contribution >= 0.6 is 0 Å². The van der Waals surface area contributed by atoms with E-state index in [0.717, 1.165) is 6.92 Å². The molecule has 13 heavy (non-hydrogen) atoms. The fourth-order valence-corrected chi connectivity index (χ4v) is 1.75. The average molecular weight is 193 g/mol. The van der Waals surface area contributed by atoms with E-state index in [1.54, 1.807) is 0 Å². The first-order valence-electron chi connectivity index (χ1n) is 4.18. The highest BCUT2D eigenvalue weighted by atomic mass is 19.3. The van der Waals surface area contributed by atoms with Crippen LogP contribution in [0.25, 0.3) is 0 Å². The first-order valence-corrected chi connectivity index (χ1v) is 4.18. The zero-order chi connectivity index (χ0) is 10.1. The van der Waals surface area contributed by atoms with E-state index < -0.39 is 23.7 Å². The van der Waals surface area contributed by atoms with Gasteiger partial charge in [0.05, 0.1) is 5.41 Å². The molecule has 0 amide bonds. The summed E-state index contributed by atoms with van der Waals surface area (Å²) in [6.07, 6.45) is -0.298. The van der Waals surface area contributed by atoms with Crippen LogP contribution in [-0.4, -0.2) is 30.1 Å². The Morgan fingerprint density at radius 1 is 1.69 bits per heavy atom. The van der Waals surface area contributed by atoms with Gasteiger partial charge in [-0.15, -0.1) is 0 Å². The molecule has 1 rings (SSSR count). The van der Waals surface area contributed by atoms with Gasteiger partial charge in [0, 0.05) is 13.0 Å². The van der Waals surface area contributed by atoms with E-state index in [-0.39, 0.29) is 13.0 Å². The lowest BCUT2D eigenvalue weighted by atomic mass is 9.81. The Morgan fingerprint density at radius 2 is 2.31 bits per heavy atom. The molecule has 0 aliphatic carbocycles. The predicted molar refractivity (Wildman–Crippen MR) is 42.8 cm³/mol. The SMILES string of the molecule is CC(F)(F)CC1(C(=O)O)CCNC1. The molecule has 0 aromatic carbocycles. The lowest BCUT2D eigenvalue weighted by Crippen LogP contribution is -2.38. The van der Waals surface area contributed by atoms with Crippen molar-refractivity contribution in [2.45, 2.75) is 25.7 Å². The smallest absolute Gasteiger partial charge is 0.311 e. The van der Waals surface area contributed by atoms with E-state index in [1.165, 1.54) is 0 Å². The van der Waals surface area contributed by atoms with Gasteiger partial charge in [-0.05, 0) is 19.9 Å². The number of halogens is 2. The number of nitrogens with one attached hydrogen (secondary N) is 1. The molecule has 0 radical (unpaired) electrons. The van der Waals surface area contributed by atoms with E-state index in [0.29, 0.717) is 6.54 Å². The normalized spacial score (nSPS) is 29.2. The van der Waals surface area contributed by atoms with Gasteiger partial charge in [-0.25, -0.2) is 8.78 Å². The summed E-state index contributed by atoms with van der Waals surface area (Å²) >= 11 is 0. The molecule has 76 valence electrons. The Hall–Kier alpha value is -0.710. The van der Waals surface area contributed by atoms with Crippen LogP contribution in [0.2, 0.25) is 0 Å². The van der Waals surface area contributed by atoms with Gasteiger partial charge in [0.15, 0.2) is 0 Å². The highest BCUT2D eigenvalue weighted by Crippen LogP contribution is 2.37. The lowest BCUT2D eigenvalue weighted by molar-refractivity contribution is -0.153. The minimum atomic E-state index is -2.91. The second-order valence-corrected chi connectivity index (χ2v) is 3.76. The number of hydrogen-bond donors (Lipinski definition) is 2. The third kappa shape index (κ3) is 2.37.